The lowest BCUT2D eigenvalue weighted by atomic mass is 10.2. The van der Waals surface area contributed by atoms with E-state index in [9.17, 15) is 4.39 Å². The van der Waals surface area contributed by atoms with Gasteiger partial charge in [0.05, 0.1) is 4.47 Å². The molecule has 3 nitrogen and oxygen atoms in total. The van der Waals surface area contributed by atoms with Crippen molar-refractivity contribution in [2.75, 3.05) is 17.7 Å². The van der Waals surface area contributed by atoms with E-state index in [2.05, 4.69) is 31.5 Å². The third-order valence-electron chi connectivity index (χ3n) is 2.54. The minimum Gasteiger partial charge on any atom is -0.373 e. The molecular formula is C13H13BrFN3. The highest BCUT2D eigenvalue weighted by molar-refractivity contribution is 9.10. The summed E-state index contributed by atoms with van der Waals surface area (Å²) in [6.45, 7) is 1.85. The van der Waals surface area contributed by atoms with E-state index < -0.39 is 0 Å². The lowest BCUT2D eigenvalue weighted by Gasteiger charge is -2.11. The van der Waals surface area contributed by atoms with Crippen molar-refractivity contribution in [1.29, 1.82) is 0 Å². The van der Waals surface area contributed by atoms with Gasteiger partial charge in [0.25, 0.3) is 0 Å². The summed E-state index contributed by atoms with van der Waals surface area (Å²) in [4.78, 5) is 4.35. The summed E-state index contributed by atoms with van der Waals surface area (Å²) in [7, 11) is 1.81. The molecule has 1 heterocycles. The summed E-state index contributed by atoms with van der Waals surface area (Å²) in [5.74, 6) is 1.22. The highest BCUT2D eigenvalue weighted by Crippen LogP contribution is 2.26. The molecule has 0 aliphatic rings. The standard InChI is InChI=1S/C13H13BrFN3/c1-8-6-10(15)9(14)7-11(8)17-13-5-3-4-12(16-2)18-13/h3-7H,1-2H3,(H2,16,17,18). The maximum atomic E-state index is 13.3. The second-order valence-electron chi connectivity index (χ2n) is 3.86. The van der Waals surface area contributed by atoms with Gasteiger partial charge in [0.15, 0.2) is 0 Å². The summed E-state index contributed by atoms with van der Waals surface area (Å²) in [5, 5.41) is 6.14. The fourth-order valence-electron chi connectivity index (χ4n) is 1.56. The van der Waals surface area contributed by atoms with Crippen molar-refractivity contribution in [3.63, 3.8) is 0 Å². The van der Waals surface area contributed by atoms with Crippen molar-refractivity contribution in [3.8, 4) is 0 Å². The molecule has 0 atom stereocenters. The number of pyridine rings is 1. The Bertz CT molecular complexity index is 572. The lowest BCUT2D eigenvalue weighted by molar-refractivity contribution is 0.620. The number of halogens is 2. The normalized spacial score (nSPS) is 10.2. The van der Waals surface area contributed by atoms with Gasteiger partial charge in [0.1, 0.15) is 17.5 Å². The Labute approximate surface area is 114 Å². The van der Waals surface area contributed by atoms with Gasteiger partial charge in [0, 0.05) is 12.7 Å². The minimum absolute atomic E-state index is 0.269. The van der Waals surface area contributed by atoms with Crippen molar-refractivity contribution in [1.82, 2.24) is 4.98 Å². The van der Waals surface area contributed by atoms with Crippen molar-refractivity contribution in [3.05, 3.63) is 46.2 Å². The van der Waals surface area contributed by atoms with E-state index in [0.717, 1.165) is 17.1 Å². The fraction of sp³-hybridized carbons (Fsp3) is 0.154. The van der Waals surface area contributed by atoms with E-state index in [4.69, 9.17) is 0 Å². The Balaban J connectivity index is 2.30. The molecule has 94 valence electrons. The van der Waals surface area contributed by atoms with E-state index in [-0.39, 0.29) is 5.82 Å². The predicted octanol–water partition coefficient (Wildman–Crippen LogP) is 4.08. The van der Waals surface area contributed by atoms with Crippen LogP contribution in [-0.4, -0.2) is 12.0 Å². The number of anilines is 3. The van der Waals surface area contributed by atoms with Crippen LogP contribution in [0.2, 0.25) is 0 Å². The van der Waals surface area contributed by atoms with Crippen molar-refractivity contribution >= 4 is 33.3 Å². The molecule has 0 unspecified atom stereocenters. The van der Waals surface area contributed by atoms with E-state index >= 15 is 0 Å². The van der Waals surface area contributed by atoms with Crippen molar-refractivity contribution < 1.29 is 4.39 Å². The third-order valence-corrected chi connectivity index (χ3v) is 3.14. The Kier molecular flexibility index (Phi) is 3.81. The molecule has 0 amide bonds. The smallest absolute Gasteiger partial charge is 0.137 e. The van der Waals surface area contributed by atoms with Crippen LogP contribution in [0.15, 0.2) is 34.8 Å². The van der Waals surface area contributed by atoms with Gasteiger partial charge in [0.2, 0.25) is 0 Å². The highest BCUT2D eigenvalue weighted by Gasteiger charge is 2.06. The molecule has 0 spiro atoms. The van der Waals surface area contributed by atoms with Crippen LogP contribution in [-0.2, 0) is 0 Å². The van der Waals surface area contributed by atoms with Gasteiger partial charge in [-0.05, 0) is 52.7 Å². The van der Waals surface area contributed by atoms with Gasteiger partial charge in [-0.15, -0.1) is 0 Å². The van der Waals surface area contributed by atoms with Crippen molar-refractivity contribution in [2.45, 2.75) is 6.92 Å². The van der Waals surface area contributed by atoms with Crippen LogP contribution in [0.3, 0.4) is 0 Å². The minimum atomic E-state index is -0.269. The predicted molar refractivity (Wildman–Crippen MR) is 75.9 cm³/mol. The zero-order chi connectivity index (χ0) is 13.1. The van der Waals surface area contributed by atoms with Gasteiger partial charge >= 0.3 is 0 Å². The first-order valence-electron chi connectivity index (χ1n) is 5.47. The SMILES string of the molecule is CNc1cccc(Nc2cc(Br)c(F)cc2C)n1. The second-order valence-corrected chi connectivity index (χ2v) is 4.72. The van der Waals surface area contributed by atoms with Gasteiger partial charge in [-0.25, -0.2) is 9.37 Å². The molecular weight excluding hydrogens is 297 g/mol. The Morgan fingerprint density at radius 2 is 1.94 bits per heavy atom. The molecule has 0 aliphatic heterocycles. The number of nitrogens with zero attached hydrogens (tertiary/aromatic N) is 1. The summed E-state index contributed by atoms with van der Waals surface area (Å²) < 4.78 is 13.7. The lowest BCUT2D eigenvalue weighted by Crippen LogP contribution is -1.99. The first-order valence-corrected chi connectivity index (χ1v) is 6.27. The maximum absolute atomic E-state index is 13.3. The average Bonchev–Trinajstić information content (AvgIpc) is 2.36. The van der Waals surface area contributed by atoms with Crippen LogP contribution >= 0.6 is 15.9 Å². The van der Waals surface area contributed by atoms with Crippen LogP contribution in [0.4, 0.5) is 21.7 Å². The highest BCUT2D eigenvalue weighted by atomic mass is 79.9. The topological polar surface area (TPSA) is 37.0 Å². The van der Waals surface area contributed by atoms with Crippen LogP contribution in [0.1, 0.15) is 5.56 Å². The maximum Gasteiger partial charge on any atom is 0.137 e. The zero-order valence-electron chi connectivity index (χ0n) is 10.1. The van der Waals surface area contributed by atoms with E-state index in [1.807, 2.05) is 32.2 Å². The number of nitrogens with one attached hydrogen (secondary N) is 2. The van der Waals surface area contributed by atoms with E-state index in [0.29, 0.717) is 10.3 Å². The van der Waals surface area contributed by atoms with Crippen LogP contribution in [0.5, 0.6) is 0 Å². The molecule has 0 radical (unpaired) electrons. The molecule has 5 heteroatoms. The number of aryl methyl sites for hydroxylation is 1. The molecule has 0 bridgehead atoms. The Morgan fingerprint density at radius 3 is 2.67 bits per heavy atom. The molecule has 0 saturated heterocycles. The first kappa shape index (κ1) is 12.8. The number of hydrogen-bond donors (Lipinski definition) is 2. The van der Waals surface area contributed by atoms with Crippen LogP contribution in [0.25, 0.3) is 0 Å². The number of benzene rings is 1. The van der Waals surface area contributed by atoms with E-state index in [1.54, 1.807) is 6.07 Å². The van der Waals surface area contributed by atoms with Crippen LogP contribution < -0.4 is 10.6 Å². The largest absolute Gasteiger partial charge is 0.373 e. The number of rotatable bonds is 3. The first-order chi connectivity index (χ1) is 8.60. The van der Waals surface area contributed by atoms with Gasteiger partial charge in [-0.3, -0.25) is 0 Å². The summed E-state index contributed by atoms with van der Waals surface area (Å²) in [6, 6.07) is 8.82. The third kappa shape index (κ3) is 2.79. The van der Waals surface area contributed by atoms with Crippen molar-refractivity contribution in [2.24, 2.45) is 0 Å². The van der Waals surface area contributed by atoms with Gasteiger partial charge in [-0.1, -0.05) is 6.07 Å². The van der Waals surface area contributed by atoms with Gasteiger partial charge < -0.3 is 10.6 Å². The molecule has 0 aliphatic carbocycles. The van der Waals surface area contributed by atoms with Gasteiger partial charge in [-0.2, -0.15) is 0 Å². The molecule has 18 heavy (non-hydrogen) atoms. The molecule has 2 aromatic rings. The Morgan fingerprint density at radius 1 is 1.22 bits per heavy atom. The Hall–Kier alpha value is -1.62. The quantitative estimate of drug-likeness (QED) is 0.897. The zero-order valence-corrected chi connectivity index (χ0v) is 11.7. The number of aromatic nitrogens is 1. The fourth-order valence-corrected chi connectivity index (χ4v) is 1.91. The summed E-state index contributed by atoms with van der Waals surface area (Å²) >= 11 is 3.17. The molecule has 1 aromatic carbocycles. The second kappa shape index (κ2) is 5.35. The molecule has 0 fully saturated rings. The number of hydrogen-bond acceptors (Lipinski definition) is 3. The molecule has 0 saturated carbocycles. The summed E-state index contributed by atoms with van der Waals surface area (Å²) in [5.41, 5.74) is 1.65. The molecule has 2 N–H and O–H groups in total. The van der Waals surface area contributed by atoms with Crippen LogP contribution in [0, 0.1) is 12.7 Å². The van der Waals surface area contributed by atoms with E-state index in [1.165, 1.54) is 6.07 Å². The molecule has 1 aromatic heterocycles. The monoisotopic (exact) mass is 309 g/mol. The summed E-state index contributed by atoms with van der Waals surface area (Å²) in [6.07, 6.45) is 0. The average molecular weight is 310 g/mol. The molecule has 2 rings (SSSR count).